The Morgan fingerprint density at radius 2 is 1.57 bits per heavy atom. The number of anilines is 2. The summed E-state index contributed by atoms with van der Waals surface area (Å²) in [7, 11) is 0. The Bertz CT molecular complexity index is 755. The van der Waals surface area contributed by atoms with E-state index in [2.05, 4.69) is 50.4 Å². The van der Waals surface area contributed by atoms with E-state index in [1.807, 2.05) is 36.4 Å². The average Bonchev–Trinajstić information content (AvgIpc) is 2.46. The van der Waals surface area contributed by atoms with Crippen molar-refractivity contribution in [1.82, 2.24) is 4.98 Å². The van der Waals surface area contributed by atoms with Crippen molar-refractivity contribution < 1.29 is 0 Å². The van der Waals surface area contributed by atoms with Gasteiger partial charge in [0.05, 0.1) is 5.52 Å². The van der Waals surface area contributed by atoms with Crippen molar-refractivity contribution in [3.8, 4) is 0 Å². The third-order valence-electron chi connectivity index (χ3n) is 3.59. The van der Waals surface area contributed by atoms with Gasteiger partial charge in [0.25, 0.3) is 0 Å². The van der Waals surface area contributed by atoms with Gasteiger partial charge in [0.1, 0.15) is 5.82 Å². The van der Waals surface area contributed by atoms with Gasteiger partial charge in [-0.25, -0.2) is 4.98 Å². The van der Waals surface area contributed by atoms with Gasteiger partial charge in [-0.2, -0.15) is 0 Å². The molecule has 0 aliphatic rings. The first kappa shape index (κ1) is 13.6. The summed E-state index contributed by atoms with van der Waals surface area (Å²) < 4.78 is 0. The Kier molecular flexibility index (Phi) is 3.38. The van der Waals surface area contributed by atoms with Crippen LogP contribution in [0.4, 0.5) is 11.5 Å². The van der Waals surface area contributed by atoms with Gasteiger partial charge in [0.15, 0.2) is 0 Å². The molecule has 1 N–H and O–H groups in total. The van der Waals surface area contributed by atoms with Crippen molar-refractivity contribution in [2.75, 3.05) is 5.32 Å². The third-order valence-corrected chi connectivity index (χ3v) is 3.59. The zero-order chi connectivity index (χ0) is 14.9. The molecule has 106 valence electrons. The highest BCUT2D eigenvalue weighted by Crippen LogP contribution is 2.30. The molecule has 1 heterocycles. The predicted molar refractivity (Wildman–Crippen MR) is 90.2 cm³/mol. The Morgan fingerprint density at radius 1 is 0.810 bits per heavy atom. The van der Waals surface area contributed by atoms with E-state index in [1.54, 1.807) is 0 Å². The number of para-hydroxylation sites is 1. The van der Waals surface area contributed by atoms with Crippen LogP contribution in [0.2, 0.25) is 0 Å². The lowest BCUT2D eigenvalue weighted by molar-refractivity contribution is 0.596. The molecule has 0 radical (unpaired) electrons. The second-order valence-corrected chi connectivity index (χ2v) is 6.31. The highest BCUT2D eigenvalue weighted by molar-refractivity contribution is 5.85. The van der Waals surface area contributed by atoms with Gasteiger partial charge < -0.3 is 5.32 Å². The second kappa shape index (κ2) is 5.21. The van der Waals surface area contributed by atoms with E-state index in [4.69, 9.17) is 4.98 Å². The van der Waals surface area contributed by atoms with E-state index in [-0.39, 0.29) is 5.41 Å². The number of rotatable bonds is 2. The SMILES string of the molecule is CC(C)(C)c1cccc2nc(Nc3ccccc3)ccc12. The molecule has 3 aromatic rings. The van der Waals surface area contributed by atoms with Gasteiger partial charge in [-0.15, -0.1) is 0 Å². The van der Waals surface area contributed by atoms with Gasteiger partial charge in [-0.3, -0.25) is 0 Å². The molecule has 1 aromatic heterocycles. The van der Waals surface area contributed by atoms with Crippen molar-refractivity contribution in [3.63, 3.8) is 0 Å². The zero-order valence-electron chi connectivity index (χ0n) is 12.7. The number of hydrogen-bond donors (Lipinski definition) is 1. The van der Waals surface area contributed by atoms with E-state index in [0.29, 0.717) is 0 Å². The topological polar surface area (TPSA) is 24.9 Å². The highest BCUT2D eigenvalue weighted by atomic mass is 15.0. The van der Waals surface area contributed by atoms with E-state index in [0.717, 1.165) is 17.0 Å². The number of nitrogens with zero attached hydrogens (tertiary/aromatic N) is 1. The molecule has 0 unspecified atom stereocenters. The van der Waals surface area contributed by atoms with Gasteiger partial charge in [-0.1, -0.05) is 51.1 Å². The maximum Gasteiger partial charge on any atom is 0.131 e. The molecule has 0 saturated heterocycles. The monoisotopic (exact) mass is 276 g/mol. The maximum absolute atomic E-state index is 4.73. The summed E-state index contributed by atoms with van der Waals surface area (Å²) in [5.41, 5.74) is 3.54. The Balaban J connectivity index is 2.02. The van der Waals surface area contributed by atoms with Gasteiger partial charge in [-0.05, 0) is 41.3 Å². The zero-order valence-corrected chi connectivity index (χ0v) is 12.7. The van der Waals surface area contributed by atoms with Crippen molar-refractivity contribution in [1.29, 1.82) is 0 Å². The second-order valence-electron chi connectivity index (χ2n) is 6.31. The predicted octanol–water partition coefficient (Wildman–Crippen LogP) is 5.28. The minimum Gasteiger partial charge on any atom is -0.340 e. The summed E-state index contributed by atoms with van der Waals surface area (Å²) in [5, 5.41) is 4.57. The molecular formula is C19H20N2. The van der Waals surface area contributed by atoms with Gasteiger partial charge in [0, 0.05) is 11.1 Å². The molecule has 2 nitrogen and oxygen atoms in total. The quantitative estimate of drug-likeness (QED) is 0.689. The lowest BCUT2D eigenvalue weighted by Gasteiger charge is -2.21. The first-order valence-corrected chi connectivity index (χ1v) is 7.26. The number of benzene rings is 2. The molecule has 3 rings (SSSR count). The lowest BCUT2D eigenvalue weighted by atomic mass is 9.84. The molecule has 0 atom stereocenters. The molecular weight excluding hydrogens is 256 g/mol. The normalized spacial score (nSPS) is 11.6. The van der Waals surface area contributed by atoms with E-state index in [9.17, 15) is 0 Å². The van der Waals surface area contributed by atoms with Crippen molar-refractivity contribution >= 4 is 22.4 Å². The smallest absolute Gasteiger partial charge is 0.131 e. The molecule has 2 heteroatoms. The minimum atomic E-state index is 0.121. The van der Waals surface area contributed by atoms with Gasteiger partial charge >= 0.3 is 0 Å². The van der Waals surface area contributed by atoms with Crippen LogP contribution in [0.1, 0.15) is 26.3 Å². The molecule has 0 saturated carbocycles. The van der Waals surface area contributed by atoms with Gasteiger partial charge in [0.2, 0.25) is 0 Å². The van der Waals surface area contributed by atoms with Crippen LogP contribution in [0.25, 0.3) is 10.9 Å². The Hall–Kier alpha value is -2.35. The molecule has 0 fully saturated rings. The standard InChI is InChI=1S/C19H20N2/c1-19(2,3)16-10-7-11-17-15(16)12-13-18(21-17)20-14-8-5-4-6-9-14/h4-13H,1-3H3,(H,20,21). The number of aromatic nitrogens is 1. The largest absolute Gasteiger partial charge is 0.340 e. The Morgan fingerprint density at radius 3 is 2.29 bits per heavy atom. The first-order chi connectivity index (χ1) is 10.0. The fourth-order valence-electron chi connectivity index (χ4n) is 2.55. The van der Waals surface area contributed by atoms with Crippen molar-refractivity contribution in [3.05, 3.63) is 66.2 Å². The molecule has 2 aromatic carbocycles. The van der Waals surface area contributed by atoms with Crippen molar-refractivity contribution in [2.45, 2.75) is 26.2 Å². The first-order valence-electron chi connectivity index (χ1n) is 7.26. The molecule has 0 aliphatic carbocycles. The third kappa shape index (κ3) is 2.89. The minimum absolute atomic E-state index is 0.121. The fourth-order valence-corrected chi connectivity index (χ4v) is 2.55. The average molecular weight is 276 g/mol. The summed E-state index contributed by atoms with van der Waals surface area (Å²) in [5.74, 6) is 0.875. The maximum atomic E-state index is 4.73. The molecule has 0 aliphatic heterocycles. The van der Waals surface area contributed by atoms with Crippen LogP contribution in [0, 0.1) is 0 Å². The fraction of sp³-hybridized carbons (Fsp3) is 0.211. The molecule has 0 amide bonds. The summed E-state index contributed by atoms with van der Waals surface area (Å²) in [6, 6.07) is 20.7. The number of hydrogen-bond acceptors (Lipinski definition) is 2. The van der Waals surface area contributed by atoms with Crippen molar-refractivity contribution in [2.24, 2.45) is 0 Å². The summed E-state index contributed by atoms with van der Waals surface area (Å²) >= 11 is 0. The molecule has 21 heavy (non-hydrogen) atoms. The summed E-state index contributed by atoms with van der Waals surface area (Å²) in [6.07, 6.45) is 0. The number of pyridine rings is 1. The van der Waals surface area contributed by atoms with Crippen LogP contribution in [-0.2, 0) is 5.41 Å². The van der Waals surface area contributed by atoms with E-state index < -0.39 is 0 Å². The van der Waals surface area contributed by atoms with Crippen LogP contribution in [0.5, 0.6) is 0 Å². The van der Waals surface area contributed by atoms with Crippen LogP contribution >= 0.6 is 0 Å². The van der Waals surface area contributed by atoms with E-state index >= 15 is 0 Å². The van der Waals surface area contributed by atoms with Crippen LogP contribution < -0.4 is 5.32 Å². The number of nitrogens with one attached hydrogen (secondary N) is 1. The Labute approximate surface area is 125 Å². The van der Waals surface area contributed by atoms with Crippen LogP contribution in [0.3, 0.4) is 0 Å². The number of fused-ring (bicyclic) bond motifs is 1. The molecule has 0 bridgehead atoms. The lowest BCUT2D eigenvalue weighted by Crippen LogP contribution is -2.11. The summed E-state index contributed by atoms with van der Waals surface area (Å²) in [6.45, 7) is 6.70. The highest BCUT2D eigenvalue weighted by Gasteiger charge is 2.16. The van der Waals surface area contributed by atoms with E-state index in [1.165, 1.54) is 10.9 Å². The summed E-state index contributed by atoms with van der Waals surface area (Å²) in [4.78, 5) is 4.73. The molecule has 0 spiro atoms. The van der Waals surface area contributed by atoms with Crippen LogP contribution in [-0.4, -0.2) is 4.98 Å². The van der Waals surface area contributed by atoms with Crippen LogP contribution in [0.15, 0.2) is 60.7 Å².